The normalized spacial score (nSPS) is 10.7. The molecule has 1 aromatic heterocycles. The van der Waals surface area contributed by atoms with E-state index in [1.54, 1.807) is 6.07 Å². The van der Waals surface area contributed by atoms with Crippen molar-refractivity contribution in [2.45, 2.75) is 45.4 Å². The first-order valence-corrected chi connectivity index (χ1v) is 8.31. The predicted octanol–water partition coefficient (Wildman–Crippen LogP) is 3.13. The minimum atomic E-state index is 0.00133. The van der Waals surface area contributed by atoms with Crippen molar-refractivity contribution in [3.05, 3.63) is 16.3 Å². The van der Waals surface area contributed by atoms with Gasteiger partial charge in [-0.3, -0.25) is 4.79 Å². The van der Waals surface area contributed by atoms with Crippen molar-refractivity contribution in [1.29, 1.82) is 0 Å². The Morgan fingerprint density at radius 3 is 2.55 bits per heavy atom. The van der Waals surface area contributed by atoms with Crippen LogP contribution in [0, 0.1) is 0 Å². The summed E-state index contributed by atoms with van der Waals surface area (Å²) in [5.74, 6) is 0.00133. The van der Waals surface area contributed by atoms with Gasteiger partial charge in [0.2, 0.25) is 0 Å². The molecule has 0 aliphatic heterocycles. The van der Waals surface area contributed by atoms with E-state index in [2.05, 4.69) is 6.92 Å². The van der Waals surface area contributed by atoms with Crippen molar-refractivity contribution < 1.29 is 9.90 Å². The number of nitrogens with two attached hydrogens (primary N) is 1. The lowest BCUT2D eigenvalue weighted by Gasteiger charge is -2.22. The molecule has 20 heavy (non-hydrogen) atoms. The summed E-state index contributed by atoms with van der Waals surface area (Å²) in [7, 11) is 0. The van der Waals surface area contributed by atoms with E-state index in [4.69, 9.17) is 10.8 Å². The van der Waals surface area contributed by atoms with E-state index in [1.807, 2.05) is 10.3 Å². The van der Waals surface area contributed by atoms with Crippen LogP contribution in [0.3, 0.4) is 0 Å². The van der Waals surface area contributed by atoms with E-state index < -0.39 is 0 Å². The molecule has 0 bridgehead atoms. The van der Waals surface area contributed by atoms with Crippen LogP contribution in [0.5, 0.6) is 0 Å². The molecule has 0 spiro atoms. The standard InChI is InChI=1S/C15H26N2O2S/c1-2-3-4-5-6-9-17(10-7-11-18)15(19)14-13(16)8-12-20-14/h8,12,18H,2-7,9-11,16H2,1H3. The Kier molecular flexibility index (Phi) is 8.30. The van der Waals surface area contributed by atoms with Crippen molar-refractivity contribution in [3.8, 4) is 0 Å². The van der Waals surface area contributed by atoms with Gasteiger partial charge < -0.3 is 15.7 Å². The molecule has 1 rings (SSSR count). The second-order valence-corrected chi connectivity index (χ2v) is 5.90. The third-order valence-electron chi connectivity index (χ3n) is 3.29. The molecule has 0 aliphatic carbocycles. The number of hydrogen-bond donors (Lipinski definition) is 2. The first-order chi connectivity index (χ1) is 9.70. The van der Waals surface area contributed by atoms with E-state index in [0.29, 0.717) is 23.5 Å². The second-order valence-electron chi connectivity index (χ2n) is 4.99. The fourth-order valence-corrected chi connectivity index (χ4v) is 2.90. The Labute approximate surface area is 125 Å². The highest BCUT2D eigenvalue weighted by atomic mass is 32.1. The SMILES string of the molecule is CCCCCCCN(CCCO)C(=O)c1sccc1N. The molecule has 4 nitrogen and oxygen atoms in total. The van der Waals surface area contributed by atoms with Crippen molar-refractivity contribution >= 4 is 22.9 Å². The van der Waals surface area contributed by atoms with Crippen LogP contribution < -0.4 is 5.73 Å². The van der Waals surface area contributed by atoms with Gasteiger partial charge in [-0.2, -0.15) is 0 Å². The Hall–Kier alpha value is -1.07. The summed E-state index contributed by atoms with van der Waals surface area (Å²) in [5.41, 5.74) is 6.37. The number of anilines is 1. The minimum absolute atomic E-state index is 0.00133. The smallest absolute Gasteiger partial charge is 0.266 e. The molecule has 0 radical (unpaired) electrons. The quantitative estimate of drug-likeness (QED) is 0.652. The Balaban J connectivity index is 2.50. The summed E-state index contributed by atoms with van der Waals surface area (Å²) >= 11 is 1.39. The summed E-state index contributed by atoms with van der Waals surface area (Å²) in [6.07, 6.45) is 6.48. The van der Waals surface area contributed by atoms with Crippen LogP contribution >= 0.6 is 11.3 Å². The molecule has 0 atom stereocenters. The number of nitrogen functional groups attached to an aromatic ring is 1. The number of hydrogen-bond acceptors (Lipinski definition) is 4. The zero-order valence-electron chi connectivity index (χ0n) is 12.3. The van der Waals surface area contributed by atoms with Crippen molar-refractivity contribution in [2.75, 3.05) is 25.4 Å². The van der Waals surface area contributed by atoms with Crippen LogP contribution in [0.25, 0.3) is 0 Å². The van der Waals surface area contributed by atoms with Gasteiger partial charge in [-0.1, -0.05) is 32.6 Å². The fraction of sp³-hybridized carbons (Fsp3) is 0.667. The van der Waals surface area contributed by atoms with Gasteiger partial charge in [0.05, 0.1) is 5.69 Å². The molecule has 0 fully saturated rings. The van der Waals surface area contributed by atoms with Gasteiger partial charge in [0.15, 0.2) is 0 Å². The number of unbranched alkanes of at least 4 members (excludes halogenated alkanes) is 4. The monoisotopic (exact) mass is 298 g/mol. The number of carbonyl (C=O) groups is 1. The molecule has 0 aromatic carbocycles. The van der Waals surface area contributed by atoms with Crippen LogP contribution in [0.15, 0.2) is 11.4 Å². The van der Waals surface area contributed by atoms with Gasteiger partial charge in [0.1, 0.15) is 4.88 Å². The average Bonchev–Trinajstić information content (AvgIpc) is 2.87. The van der Waals surface area contributed by atoms with Gasteiger partial charge in [0.25, 0.3) is 5.91 Å². The average molecular weight is 298 g/mol. The van der Waals surface area contributed by atoms with Crippen LogP contribution in [0.2, 0.25) is 0 Å². The Morgan fingerprint density at radius 1 is 1.25 bits per heavy atom. The summed E-state index contributed by atoms with van der Waals surface area (Å²) in [5, 5.41) is 10.8. The first kappa shape index (κ1) is 17.0. The van der Waals surface area contributed by atoms with Crippen molar-refractivity contribution in [3.63, 3.8) is 0 Å². The lowest BCUT2D eigenvalue weighted by atomic mass is 10.1. The third-order valence-corrected chi connectivity index (χ3v) is 4.21. The molecule has 0 aliphatic rings. The molecule has 114 valence electrons. The molecule has 0 saturated carbocycles. The lowest BCUT2D eigenvalue weighted by molar-refractivity contribution is 0.0747. The fourth-order valence-electron chi connectivity index (χ4n) is 2.12. The maximum atomic E-state index is 12.4. The minimum Gasteiger partial charge on any atom is -0.397 e. The second kappa shape index (κ2) is 9.77. The molecule has 5 heteroatoms. The highest BCUT2D eigenvalue weighted by Gasteiger charge is 2.18. The molecule has 1 amide bonds. The first-order valence-electron chi connectivity index (χ1n) is 7.43. The highest BCUT2D eigenvalue weighted by Crippen LogP contribution is 2.21. The van der Waals surface area contributed by atoms with Crippen LogP contribution in [-0.4, -0.2) is 35.6 Å². The van der Waals surface area contributed by atoms with E-state index in [-0.39, 0.29) is 12.5 Å². The largest absolute Gasteiger partial charge is 0.397 e. The zero-order chi connectivity index (χ0) is 14.8. The van der Waals surface area contributed by atoms with Gasteiger partial charge >= 0.3 is 0 Å². The molecule has 1 heterocycles. The molecule has 0 unspecified atom stereocenters. The number of thiophene rings is 1. The maximum Gasteiger partial charge on any atom is 0.266 e. The van der Waals surface area contributed by atoms with Crippen LogP contribution in [-0.2, 0) is 0 Å². The van der Waals surface area contributed by atoms with Gasteiger partial charge in [0, 0.05) is 19.7 Å². The number of aliphatic hydroxyl groups is 1. The zero-order valence-corrected chi connectivity index (χ0v) is 13.1. The molecule has 0 saturated heterocycles. The number of aliphatic hydroxyl groups excluding tert-OH is 1. The number of rotatable bonds is 10. The Morgan fingerprint density at radius 2 is 1.95 bits per heavy atom. The van der Waals surface area contributed by atoms with Gasteiger partial charge in [-0.05, 0) is 24.3 Å². The molecular formula is C15H26N2O2S. The summed E-state index contributed by atoms with van der Waals surface area (Å²) in [4.78, 5) is 14.9. The molecular weight excluding hydrogens is 272 g/mol. The van der Waals surface area contributed by atoms with Crippen LogP contribution in [0.4, 0.5) is 5.69 Å². The van der Waals surface area contributed by atoms with Gasteiger partial charge in [-0.25, -0.2) is 0 Å². The molecule has 3 N–H and O–H groups in total. The number of amides is 1. The Bertz CT molecular complexity index is 393. The highest BCUT2D eigenvalue weighted by molar-refractivity contribution is 7.12. The third kappa shape index (κ3) is 5.51. The van der Waals surface area contributed by atoms with E-state index in [9.17, 15) is 4.79 Å². The van der Waals surface area contributed by atoms with E-state index in [0.717, 1.165) is 19.4 Å². The predicted molar refractivity (Wildman–Crippen MR) is 85.1 cm³/mol. The number of carbonyl (C=O) groups excluding carboxylic acids is 1. The van der Waals surface area contributed by atoms with Gasteiger partial charge in [-0.15, -0.1) is 11.3 Å². The number of nitrogens with zero attached hydrogens (tertiary/aromatic N) is 1. The molecule has 1 aromatic rings. The van der Waals surface area contributed by atoms with Crippen molar-refractivity contribution in [1.82, 2.24) is 4.90 Å². The summed E-state index contributed by atoms with van der Waals surface area (Å²) < 4.78 is 0. The maximum absolute atomic E-state index is 12.4. The van der Waals surface area contributed by atoms with E-state index in [1.165, 1.54) is 30.6 Å². The van der Waals surface area contributed by atoms with Crippen LogP contribution in [0.1, 0.15) is 55.1 Å². The summed E-state index contributed by atoms with van der Waals surface area (Å²) in [6.45, 7) is 3.65. The summed E-state index contributed by atoms with van der Waals surface area (Å²) in [6, 6.07) is 1.77. The van der Waals surface area contributed by atoms with Crippen molar-refractivity contribution in [2.24, 2.45) is 0 Å². The topological polar surface area (TPSA) is 66.6 Å². The van der Waals surface area contributed by atoms with E-state index >= 15 is 0 Å². The lowest BCUT2D eigenvalue weighted by Crippen LogP contribution is -2.33.